The number of hydrogen-bond donors (Lipinski definition) is 2. The van der Waals surface area contributed by atoms with Crippen molar-refractivity contribution in [3.8, 4) is 0 Å². The smallest absolute Gasteiger partial charge is 0.191 e. The lowest BCUT2D eigenvalue weighted by atomic mass is 9.97. The molecule has 0 spiro atoms. The Hall–Kier alpha value is -1.18. The van der Waals surface area contributed by atoms with Gasteiger partial charge in [-0.05, 0) is 38.8 Å². The molecule has 1 aliphatic heterocycles. The van der Waals surface area contributed by atoms with E-state index < -0.39 is 0 Å². The lowest BCUT2D eigenvalue weighted by Gasteiger charge is -2.31. The number of ether oxygens (including phenoxy) is 1. The van der Waals surface area contributed by atoms with Gasteiger partial charge in [0.05, 0.1) is 17.3 Å². The summed E-state index contributed by atoms with van der Waals surface area (Å²) >= 11 is 1.74. The Bertz CT molecular complexity index is 483. The molecule has 7 heteroatoms. The summed E-state index contributed by atoms with van der Waals surface area (Å²) in [7, 11) is 3.51. The predicted molar refractivity (Wildman–Crippen MR) is 96.1 cm³/mol. The van der Waals surface area contributed by atoms with Crippen LogP contribution in [0.2, 0.25) is 0 Å². The maximum atomic E-state index is 5.04. The van der Waals surface area contributed by atoms with Crippen LogP contribution in [0.25, 0.3) is 0 Å². The molecule has 0 aliphatic carbocycles. The number of aliphatic imine (C=N–C) groups is 1. The topological polar surface area (TPSA) is 61.8 Å². The number of likely N-dealkylation sites (tertiary alicyclic amines) is 1. The summed E-state index contributed by atoms with van der Waals surface area (Å²) in [5.41, 5.74) is 1.21. The molecule has 0 saturated carbocycles. The van der Waals surface area contributed by atoms with Crippen molar-refractivity contribution >= 4 is 17.3 Å². The first-order valence-electron chi connectivity index (χ1n) is 8.28. The second-order valence-electron chi connectivity index (χ2n) is 5.95. The zero-order chi connectivity index (χ0) is 16.5. The van der Waals surface area contributed by atoms with Gasteiger partial charge < -0.3 is 15.4 Å². The Balaban J connectivity index is 1.64. The van der Waals surface area contributed by atoms with Gasteiger partial charge in [0, 0.05) is 39.2 Å². The maximum absolute atomic E-state index is 5.04. The largest absolute Gasteiger partial charge is 0.383 e. The van der Waals surface area contributed by atoms with E-state index in [1.807, 2.05) is 0 Å². The Labute approximate surface area is 143 Å². The van der Waals surface area contributed by atoms with Gasteiger partial charge in [-0.25, -0.2) is 4.98 Å². The van der Waals surface area contributed by atoms with Crippen LogP contribution in [-0.4, -0.2) is 62.8 Å². The van der Waals surface area contributed by atoms with Gasteiger partial charge in [0.15, 0.2) is 5.96 Å². The molecule has 6 nitrogen and oxygen atoms in total. The number of aromatic nitrogens is 1. The SMILES string of the molecule is CN=C(NCCOC)NCC1CCN(Cc2csc(C)n2)CC1. The Morgan fingerprint density at radius 3 is 2.83 bits per heavy atom. The average Bonchev–Trinajstić information content (AvgIpc) is 2.97. The van der Waals surface area contributed by atoms with E-state index in [1.165, 1.54) is 18.5 Å². The Kier molecular flexibility index (Phi) is 7.78. The predicted octanol–water partition coefficient (Wildman–Crippen LogP) is 1.47. The number of rotatable bonds is 7. The molecular formula is C16H29N5OS. The molecule has 1 aromatic heterocycles. The van der Waals surface area contributed by atoms with Gasteiger partial charge in [-0.15, -0.1) is 11.3 Å². The first kappa shape index (κ1) is 18.2. The normalized spacial score (nSPS) is 17.4. The summed E-state index contributed by atoms with van der Waals surface area (Å²) in [5.74, 6) is 1.58. The molecule has 1 saturated heterocycles. The standard InChI is InChI=1S/C16H29N5OS/c1-13-20-15(12-23-13)11-21-7-4-14(5-8-21)10-19-16(17-2)18-6-9-22-3/h12,14H,4-11H2,1-3H3,(H2,17,18,19). The number of piperidine rings is 1. The van der Waals surface area contributed by atoms with E-state index in [4.69, 9.17) is 4.74 Å². The Morgan fingerprint density at radius 2 is 2.22 bits per heavy atom. The number of guanidine groups is 1. The van der Waals surface area contributed by atoms with Crippen LogP contribution in [0.4, 0.5) is 0 Å². The summed E-state index contributed by atoms with van der Waals surface area (Å²) in [6.07, 6.45) is 2.45. The molecule has 1 aliphatic rings. The number of aryl methyl sites for hydroxylation is 1. The van der Waals surface area contributed by atoms with Gasteiger partial charge in [0.2, 0.25) is 0 Å². The fourth-order valence-electron chi connectivity index (χ4n) is 2.79. The molecule has 2 heterocycles. The highest BCUT2D eigenvalue weighted by Gasteiger charge is 2.20. The van der Waals surface area contributed by atoms with Crippen molar-refractivity contribution in [3.05, 3.63) is 16.1 Å². The highest BCUT2D eigenvalue weighted by atomic mass is 32.1. The third-order valence-electron chi connectivity index (χ3n) is 4.14. The number of hydrogen-bond acceptors (Lipinski definition) is 5. The van der Waals surface area contributed by atoms with E-state index in [1.54, 1.807) is 25.5 Å². The molecule has 1 fully saturated rings. The summed E-state index contributed by atoms with van der Waals surface area (Å²) in [4.78, 5) is 11.3. The van der Waals surface area contributed by atoms with Gasteiger partial charge in [0.25, 0.3) is 0 Å². The third-order valence-corrected chi connectivity index (χ3v) is 4.96. The zero-order valence-electron chi connectivity index (χ0n) is 14.5. The van der Waals surface area contributed by atoms with Gasteiger partial charge in [-0.3, -0.25) is 9.89 Å². The van der Waals surface area contributed by atoms with Crippen LogP contribution >= 0.6 is 11.3 Å². The van der Waals surface area contributed by atoms with Crippen molar-refractivity contribution in [2.24, 2.45) is 10.9 Å². The third kappa shape index (κ3) is 6.45. The van der Waals surface area contributed by atoms with E-state index in [0.29, 0.717) is 12.5 Å². The minimum atomic E-state index is 0.690. The Morgan fingerprint density at radius 1 is 1.43 bits per heavy atom. The molecule has 2 N–H and O–H groups in total. The van der Waals surface area contributed by atoms with Crippen molar-refractivity contribution in [1.82, 2.24) is 20.5 Å². The first-order chi connectivity index (χ1) is 11.2. The van der Waals surface area contributed by atoms with Gasteiger partial charge >= 0.3 is 0 Å². The number of nitrogens with one attached hydrogen (secondary N) is 2. The average molecular weight is 340 g/mol. The highest BCUT2D eigenvalue weighted by Crippen LogP contribution is 2.19. The molecular weight excluding hydrogens is 310 g/mol. The molecule has 23 heavy (non-hydrogen) atoms. The maximum Gasteiger partial charge on any atom is 0.191 e. The number of methoxy groups -OCH3 is 1. The van der Waals surface area contributed by atoms with Crippen LogP contribution in [0.15, 0.2) is 10.4 Å². The van der Waals surface area contributed by atoms with Gasteiger partial charge in [-0.2, -0.15) is 0 Å². The first-order valence-corrected chi connectivity index (χ1v) is 9.16. The minimum absolute atomic E-state index is 0.690. The molecule has 2 rings (SSSR count). The van der Waals surface area contributed by atoms with E-state index in [-0.39, 0.29) is 0 Å². The van der Waals surface area contributed by atoms with E-state index in [0.717, 1.165) is 43.7 Å². The van der Waals surface area contributed by atoms with E-state index >= 15 is 0 Å². The van der Waals surface area contributed by atoms with Crippen molar-refractivity contribution in [2.75, 3.05) is 46.9 Å². The quantitative estimate of drug-likeness (QED) is 0.448. The molecule has 0 amide bonds. The van der Waals surface area contributed by atoms with Crippen LogP contribution in [0.1, 0.15) is 23.5 Å². The summed E-state index contributed by atoms with van der Waals surface area (Å²) in [5, 5.41) is 10.0. The van der Waals surface area contributed by atoms with Crippen molar-refractivity contribution in [1.29, 1.82) is 0 Å². The molecule has 0 radical (unpaired) electrons. The summed E-state index contributed by atoms with van der Waals surface area (Å²) in [6.45, 7) is 7.81. The lowest BCUT2D eigenvalue weighted by molar-refractivity contribution is 0.176. The molecule has 1 aromatic rings. The van der Waals surface area contributed by atoms with Crippen LogP contribution < -0.4 is 10.6 Å². The van der Waals surface area contributed by atoms with Crippen molar-refractivity contribution < 1.29 is 4.74 Å². The van der Waals surface area contributed by atoms with Gasteiger partial charge in [0.1, 0.15) is 0 Å². The van der Waals surface area contributed by atoms with E-state index in [9.17, 15) is 0 Å². The van der Waals surface area contributed by atoms with Crippen molar-refractivity contribution in [2.45, 2.75) is 26.3 Å². The van der Waals surface area contributed by atoms with Gasteiger partial charge in [-0.1, -0.05) is 0 Å². The van der Waals surface area contributed by atoms with E-state index in [2.05, 4.69) is 37.8 Å². The zero-order valence-corrected chi connectivity index (χ0v) is 15.3. The number of thiazole rings is 1. The van der Waals surface area contributed by atoms with Crippen molar-refractivity contribution in [3.63, 3.8) is 0 Å². The summed E-state index contributed by atoms with van der Waals surface area (Å²) < 4.78 is 5.04. The summed E-state index contributed by atoms with van der Waals surface area (Å²) in [6, 6.07) is 0. The van der Waals surface area contributed by atoms with Crippen LogP contribution in [0, 0.1) is 12.8 Å². The monoisotopic (exact) mass is 339 g/mol. The molecule has 130 valence electrons. The van der Waals surface area contributed by atoms with Crippen LogP contribution in [-0.2, 0) is 11.3 Å². The fraction of sp³-hybridized carbons (Fsp3) is 0.750. The van der Waals surface area contributed by atoms with Crippen LogP contribution in [0.5, 0.6) is 0 Å². The molecule has 0 atom stereocenters. The molecule has 0 unspecified atom stereocenters. The molecule has 0 bridgehead atoms. The second kappa shape index (κ2) is 9.85. The van der Waals surface area contributed by atoms with Crippen LogP contribution in [0.3, 0.4) is 0 Å². The second-order valence-corrected chi connectivity index (χ2v) is 7.01. The fourth-order valence-corrected chi connectivity index (χ4v) is 3.40. The lowest BCUT2D eigenvalue weighted by Crippen LogP contribution is -2.43. The number of nitrogens with zero attached hydrogens (tertiary/aromatic N) is 3. The molecule has 0 aromatic carbocycles. The minimum Gasteiger partial charge on any atom is -0.383 e. The highest BCUT2D eigenvalue weighted by molar-refractivity contribution is 7.09.